The van der Waals surface area contributed by atoms with Crippen molar-refractivity contribution < 1.29 is 38.7 Å². The second-order valence-electron chi connectivity index (χ2n) is 3.18. The van der Waals surface area contributed by atoms with Crippen molar-refractivity contribution in [2.75, 3.05) is 6.61 Å². The molecular formula is C7H13O8P. The first-order valence-electron chi connectivity index (χ1n) is 4.14. The predicted molar refractivity (Wildman–Crippen MR) is 50.3 cm³/mol. The lowest BCUT2D eigenvalue weighted by Gasteiger charge is -2.27. The van der Waals surface area contributed by atoms with E-state index in [0.29, 0.717) is 0 Å². The SMILES string of the molecule is CC(=O)C(O)(C(C)=O)C(O)COP(=O)(O)O. The van der Waals surface area contributed by atoms with Crippen molar-refractivity contribution in [1.82, 2.24) is 0 Å². The summed E-state index contributed by atoms with van der Waals surface area (Å²) >= 11 is 0. The number of phosphoric acid groups is 1. The minimum atomic E-state index is -4.84. The average molecular weight is 256 g/mol. The number of hydrogen-bond donors (Lipinski definition) is 4. The summed E-state index contributed by atoms with van der Waals surface area (Å²) in [7, 11) is -4.84. The maximum absolute atomic E-state index is 11.0. The van der Waals surface area contributed by atoms with E-state index in [-0.39, 0.29) is 0 Å². The fourth-order valence-electron chi connectivity index (χ4n) is 1.01. The van der Waals surface area contributed by atoms with Gasteiger partial charge in [0.2, 0.25) is 5.60 Å². The Kier molecular flexibility index (Phi) is 4.93. The Morgan fingerprint density at radius 2 is 1.69 bits per heavy atom. The molecule has 0 radical (unpaired) electrons. The number of ketones is 2. The van der Waals surface area contributed by atoms with Gasteiger partial charge < -0.3 is 20.0 Å². The van der Waals surface area contributed by atoms with Gasteiger partial charge in [-0.05, 0) is 13.8 Å². The van der Waals surface area contributed by atoms with Gasteiger partial charge in [0.25, 0.3) is 0 Å². The molecule has 0 rings (SSSR count). The van der Waals surface area contributed by atoms with Crippen LogP contribution in [-0.2, 0) is 18.7 Å². The highest BCUT2D eigenvalue weighted by atomic mass is 31.2. The summed E-state index contributed by atoms with van der Waals surface area (Å²) in [4.78, 5) is 38.7. The summed E-state index contributed by atoms with van der Waals surface area (Å²) in [5, 5.41) is 18.9. The minimum Gasteiger partial charge on any atom is -0.387 e. The molecule has 16 heavy (non-hydrogen) atoms. The first-order chi connectivity index (χ1) is 7.01. The standard InChI is InChI=1S/C7H13O8P/c1-4(8)7(11,5(2)9)6(10)3-15-16(12,13)14/h6,10-11H,3H2,1-2H3,(H2,12,13,14). The minimum absolute atomic E-state index is 0.863. The molecule has 0 aliphatic rings. The van der Waals surface area contributed by atoms with Crippen LogP contribution in [0.3, 0.4) is 0 Å². The number of phosphoric ester groups is 1. The van der Waals surface area contributed by atoms with Crippen molar-refractivity contribution in [2.45, 2.75) is 25.6 Å². The zero-order valence-corrected chi connectivity index (χ0v) is 9.55. The molecule has 4 N–H and O–H groups in total. The van der Waals surface area contributed by atoms with E-state index < -0.39 is 37.7 Å². The highest BCUT2D eigenvalue weighted by molar-refractivity contribution is 7.46. The van der Waals surface area contributed by atoms with Gasteiger partial charge in [0.05, 0.1) is 6.61 Å². The van der Waals surface area contributed by atoms with E-state index in [4.69, 9.17) is 9.79 Å². The van der Waals surface area contributed by atoms with E-state index in [0.717, 1.165) is 13.8 Å². The van der Waals surface area contributed by atoms with Crippen LogP contribution in [0, 0.1) is 0 Å². The van der Waals surface area contributed by atoms with Crippen LogP contribution >= 0.6 is 7.82 Å². The molecule has 0 aliphatic heterocycles. The second-order valence-corrected chi connectivity index (χ2v) is 4.42. The van der Waals surface area contributed by atoms with Gasteiger partial charge >= 0.3 is 7.82 Å². The number of hydrogen-bond acceptors (Lipinski definition) is 6. The third-order valence-electron chi connectivity index (χ3n) is 1.96. The van der Waals surface area contributed by atoms with Gasteiger partial charge in [-0.1, -0.05) is 0 Å². The Hall–Kier alpha value is -0.630. The summed E-state index contributed by atoms with van der Waals surface area (Å²) in [6.07, 6.45) is -2.05. The molecule has 0 fully saturated rings. The lowest BCUT2D eigenvalue weighted by Crippen LogP contribution is -2.55. The van der Waals surface area contributed by atoms with Crippen molar-refractivity contribution in [2.24, 2.45) is 0 Å². The lowest BCUT2D eigenvalue weighted by atomic mass is 9.89. The van der Waals surface area contributed by atoms with E-state index in [2.05, 4.69) is 4.52 Å². The summed E-state index contributed by atoms with van der Waals surface area (Å²) in [6, 6.07) is 0. The maximum atomic E-state index is 11.0. The van der Waals surface area contributed by atoms with Crippen LogP contribution in [0.4, 0.5) is 0 Å². The molecule has 1 atom stereocenters. The third kappa shape index (κ3) is 3.75. The molecule has 0 aromatic rings. The van der Waals surface area contributed by atoms with E-state index in [1.54, 1.807) is 0 Å². The number of carbonyl (C=O) groups excluding carboxylic acids is 2. The Balaban J connectivity index is 4.79. The molecular weight excluding hydrogens is 243 g/mol. The Labute approximate surface area is 91.1 Å². The van der Waals surface area contributed by atoms with Crippen molar-refractivity contribution in [3.63, 3.8) is 0 Å². The second kappa shape index (κ2) is 5.13. The largest absolute Gasteiger partial charge is 0.469 e. The molecule has 0 saturated heterocycles. The highest BCUT2D eigenvalue weighted by Gasteiger charge is 2.46. The quantitative estimate of drug-likeness (QED) is 0.327. The van der Waals surface area contributed by atoms with Crippen molar-refractivity contribution in [1.29, 1.82) is 0 Å². The summed E-state index contributed by atoms with van der Waals surface area (Å²) in [5.74, 6) is -2.08. The normalized spacial score (nSPS) is 14.6. The molecule has 0 spiro atoms. The van der Waals surface area contributed by atoms with Crippen LogP contribution in [0.2, 0.25) is 0 Å². The van der Waals surface area contributed by atoms with Crippen molar-refractivity contribution >= 4 is 19.4 Å². The number of aliphatic hydroxyl groups is 2. The number of carbonyl (C=O) groups is 2. The van der Waals surface area contributed by atoms with E-state index in [1.165, 1.54) is 0 Å². The summed E-state index contributed by atoms with van der Waals surface area (Å²) < 4.78 is 14.2. The highest BCUT2D eigenvalue weighted by Crippen LogP contribution is 2.36. The van der Waals surface area contributed by atoms with Gasteiger partial charge in [0.1, 0.15) is 6.10 Å². The first-order valence-corrected chi connectivity index (χ1v) is 5.67. The van der Waals surface area contributed by atoms with Gasteiger partial charge in [0, 0.05) is 0 Å². The van der Waals surface area contributed by atoms with Gasteiger partial charge in [-0.25, -0.2) is 4.57 Å². The van der Waals surface area contributed by atoms with Gasteiger partial charge in [-0.15, -0.1) is 0 Å². The Bertz CT molecular complexity index is 317. The molecule has 0 amide bonds. The van der Waals surface area contributed by atoms with Crippen molar-refractivity contribution in [3.8, 4) is 0 Å². The molecule has 0 heterocycles. The average Bonchev–Trinajstić information content (AvgIpc) is 2.10. The predicted octanol–water partition coefficient (Wildman–Crippen LogP) is -1.63. The Morgan fingerprint density at radius 3 is 1.94 bits per heavy atom. The molecule has 0 aromatic carbocycles. The van der Waals surface area contributed by atoms with Gasteiger partial charge in [-0.2, -0.15) is 0 Å². The van der Waals surface area contributed by atoms with Crippen LogP contribution in [0.1, 0.15) is 13.8 Å². The van der Waals surface area contributed by atoms with Gasteiger partial charge in [-0.3, -0.25) is 14.1 Å². The summed E-state index contributed by atoms with van der Waals surface area (Å²) in [5.41, 5.74) is -2.71. The molecule has 0 aliphatic carbocycles. The monoisotopic (exact) mass is 256 g/mol. The number of Topliss-reactive ketones (excluding diaryl/α,β-unsaturated/α-hetero) is 2. The fraction of sp³-hybridized carbons (Fsp3) is 0.714. The lowest BCUT2D eigenvalue weighted by molar-refractivity contribution is -0.163. The number of rotatable bonds is 6. The van der Waals surface area contributed by atoms with E-state index >= 15 is 0 Å². The summed E-state index contributed by atoms with van der Waals surface area (Å²) in [6.45, 7) is 0.685. The molecule has 8 nitrogen and oxygen atoms in total. The number of aliphatic hydroxyl groups excluding tert-OH is 1. The maximum Gasteiger partial charge on any atom is 0.469 e. The van der Waals surface area contributed by atoms with Crippen LogP contribution in [-0.4, -0.2) is 49.9 Å². The van der Waals surface area contributed by atoms with E-state index in [9.17, 15) is 24.4 Å². The van der Waals surface area contributed by atoms with E-state index in [1.807, 2.05) is 0 Å². The van der Waals surface area contributed by atoms with Gasteiger partial charge in [0.15, 0.2) is 11.6 Å². The Morgan fingerprint density at radius 1 is 1.31 bits per heavy atom. The van der Waals surface area contributed by atoms with Crippen LogP contribution in [0.25, 0.3) is 0 Å². The molecule has 0 bridgehead atoms. The van der Waals surface area contributed by atoms with Crippen LogP contribution < -0.4 is 0 Å². The molecule has 9 heteroatoms. The molecule has 94 valence electrons. The first kappa shape index (κ1) is 15.4. The molecule has 0 aromatic heterocycles. The zero-order valence-electron chi connectivity index (χ0n) is 8.65. The third-order valence-corrected chi connectivity index (χ3v) is 2.44. The van der Waals surface area contributed by atoms with Crippen molar-refractivity contribution in [3.05, 3.63) is 0 Å². The van der Waals surface area contributed by atoms with Crippen LogP contribution in [0.15, 0.2) is 0 Å². The topological polar surface area (TPSA) is 141 Å². The van der Waals surface area contributed by atoms with Crippen LogP contribution in [0.5, 0.6) is 0 Å². The zero-order chi connectivity index (χ0) is 13.1. The smallest absolute Gasteiger partial charge is 0.387 e. The molecule has 1 unspecified atom stereocenters. The molecule has 0 saturated carbocycles. The fourth-order valence-corrected chi connectivity index (χ4v) is 1.34.